The Labute approximate surface area is 83.1 Å². The van der Waals surface area contributed by atoms with Crippen LogP contribution >= 0.6 is 0 Å². The van der Waals surface area contributed by atoms with Crippen LogP contribution in [0.15, 0.2) is 0 Å². The molecule has 0 radical (unpaired) electrons. The highest BCUT2D eigenvalue weighted by Gasteiger charge is 2.44. The Morgan fingerprint density at radius 3 is 2.23 bits per heavy atom. The van der Waals surface area contributed by atoms with Gasteiger partial charge in [-0.25, -0.2) is 0 Å². The molecule has 0 amide bonds. The van der Waals surface area contributed by atoms with E-state index in [-0.39, 0.29) is 0 Å². The van der Waals surface area contributed by atoms with Crippen molar-refractivity contribution in [3.05, 3.63) is 0 Å². The molecule has 2 saturated carbocycles. The van der Waals surface area contributed by atoms with E-state index in [9.17, 15) is 0 Å². The fraction of sp³-hybridized carbons (Fsp3) is 1.00. The first kappa shape index (κ1) is 9.55. The molecule has 2 aliphatic carbocycles. The molecule has 0 saturated heterocycles. The molecule has 2 aliphatic rings. The van der Waals surface area contributed by atoms with Gasteiger partial charge < -0.3 is 0 Å². The molecule has 3 atom stereocenters. The summed E-state index contributed by atoms with van der Waals surface area (Å²) in [5.41, 5.74) is 0.704. The molecule has 2 fully saturated rings. The summed E-state index contributed by atoms with van der Waals surface area (Å²) in [5.74, 6) is 3.04. The zero-order valence-electron chi connectivity index (χ0n) is 9.47. The van der Waals surface area contributed by atoms with Crippen molar-refractivity contribution < 1.29 is 0 Å². The van der Waals surface area contributed by atoms with E-state index in [1.165, 1.54) is 38.5 Å². The van der Waals surface area contributed by atoms with Crippen LogP contribution in [0.3, 0.4) is 0 Å². The summed E-state index contributed by atoms with van der Waals surface area (Å²) in [5, 5.41) is 0. The SMILES string of the molecule is CC1CCC(C)C(C)(C2CCC2)C1. The van der Waals surface area contributed by atoms with Crippen molar-refractivity contribution in [2.24, 2.45) is 23.2 Å². The summed E-state index contributed by atoms with van der Waals surface area (Å²) in [6.07, 6.45) is 9.00. The standard InChI is InChI=1S/C13H24/c1-10-7-8-11(2)13(3,9-10)12-5-4-6-12/h10-12H,4-9H2,1-3H3. The van der Waals surface area contributed by atoms with Gasteiger partial charge in [-0.3, -0.25) is 0 Å². The number of hydrogen-bond donors (Lipinski definition) is 0. The molecule has 0 aromatic rings. The zero-order valence-corrected chi connectivity index (χ0v) is 9.47. The summed E-state index contributed by atoms with van der Waals surface area (Å²) < 4.78 is 0. The zero-order chi connectivity index (χ0) is 9.47. The second-order valence-corrected chi connectivity index (χ2v) is 5.92. The fourth-order valence-corrected chi connectivity index (χ4v) is 3.56. The Balaban J connectivity index is 2.07. The summed E-state index contributed by atoms with van der Waals surface area (Å²) in [6.45, 7) is 7.50. The van der Waals surface area contributed by atoms with Crippen molar-refractivity contribution in [3.8, 4) is 0 Å². The van der Waals surface area contributed by atoms with Crippen LogP contribution in [-0.2, 0) is 0 Å². The molecule has 0 aromatic heterocycles. The Bertz CT molecular complexity index is 176. The molecule has 0 heteroatoms. The molecular formula is C13H24. The third kappa shape index (κ3) is 1.53. The highest BCUT2D eigenvalue weighted by atomic mass is 14.5. The first-order valence-corrected chi connectivity index (χ1v) is 6.13. The average molecular weight is 180 g/mol. The molecule has 0 N–H and O–H groups in total. The topological polar surface area (TPSA) is 0 Å². The summed E-state index contributed by atoms with van der Waals surface area (Å²) in [7, 11) is 0. The maximum atomic E-state index is 2.57. The second-order valence-electron chi connectivity index (χ2n) is 5.92. The van der Waals surface area contributed by atoms with E-state index in [2.05, 4.69) is 20.8 Å². The predicted molar refractivity (Wildman–Crippen MR) is 57.6 cm³/mol. The Morgan fingerprint density at radius 1 is 1.00 bits per heavy atom. The lowest BCUT2D eigenvalue weighted by atomic mass is 9.54. The van der Waals surface area contributed by atoms with Crippen LogP contribution in [0.2, 0.25) is 0 Å². The highest BCUT2D eigenvalue weighted by Crippen LogP contribution is 2.54. The van der Waals surface area contributed by atoms with E-state index >= 15 is 0 Å². The van der Waals surface area contributed by atoms with Gasteiger partial charge in [-0.15, -0.1) is 0 Å². The molecule has 0 nitrogen and oxygen atoms in total. The van der Waals surface area contributed by atoms with Crippen LogP contribution in [0.1, 0.15) is 59.3 Å². The van der Waals surface area contributed by atoms with Crippen LogP contribution in [0.25, 0.3) is 0 Å². The first-order chi connectivity index (χ1) is 6.13. The molecule has 2 rings (SSSR count). The van der Waals surface area contributed by atoms with E-state index in [1.54, 1.807) is 0 Å². The Morgan fingerprint density at radius 2 is 1.69 bits per heavy atom. The van der Waals surface area contributed by atoms with Crippen molar-refractivity contribution in [1.82, 2.24) is 0 Å². The van der Waals surface area contributed by atoms with Gasteiger partial charge in [0, 0.05) is 0 Å². The van der Waals surface area contributed by atoms with Gasteiger partial charge >= 0.3 is 0 Å². The van der Waals surface area contributed by atoms with E-state index in [4.69, 9.17) is 0 Å². The molecule has 76 valence electrons. The number of hydrogen-bond acceptors (Lipinski definition) is 0. The molecule has 3 unspecified atom stereocenters. The van der Waals surface area contributed by atoms with Gasteiger partial charge in [-0.05, 0) is 48.9 Å². The van der Waals surface area contributed by atoms with Crippen molar-refractivity contribution in [3.63, 3.8) is 0 Å². The predicted octanol–water partition coefficient (Wildman–Crippen LogP) is 4.25. The minimum absolute atomic E-state index is 0.704. The highest BCUT2D eigenvalue weighted by molar-refractivity contribution is 4.94. The monoisotopic (exact) mass is 180 g/mol. The maximum absolute atomic E-state index is 2.57. The van der Waals surface area contributed by atoms with Gasteiger partial charge in [0.25, 0.3) is 0 Å². The summed E-state index contributed by atoms with van der Waals surface area (Å²) in [4.78, 5) is 0. The van der Waals surface area contributed by atoms with Crippen LogP contribution in [0.5, 0.6) is 0 Å². The first-order valence-electron chi connectivity index (χ1n) is 6.13. The van der Waals surface area contributed by atoms with Gasteiger partial charge in [0.1, 0.15) is 0 Å². The van der Waals surface area contributed by atoms with Crippen molar-refractivity contribution in [1.29, 1.82) is 0 Å². The quantitative estimate of drug-likeness (QED) is 0.566. The molecule has 0 heterocycles. The lowest BCUT2D eigenvalue weighted by Crippen LogP contribution is -2.41. The minimum Gasteiger partial charge on any atom is -0.0625 e. The van der Waals surface area contributed by atoms with Crippen LogP contribution in [-0.4, -0.2) is 0 Å². The third-order valence-corrected chi connectivity index (χ3v) is 5.04. The van der Waals surface area contributed by atoms with E-state index < -0.39 is 0 Å². The van der Waals surface area contributed by atoms with Gasteiger partial charge in [-0.1, -0.05) is 33.6 Å². The van der Waals surface area contributed by atoms with E-state index in [0.717, 1.165) is 17.8 Å². The molecule has 0 bridgehead atoms. The Kier molecular flexibility index (Phi) is 2.42. The van der Waals surface area contributed by atoms with Gasteiger partial charge in [0.2, 0.25) is 0 Å². The minimum atomic E-state index is 0.704. The third-order valence-electron chi connectivity index (χ3n) is 5.04. The van der Waals surface area contributed by atoms with Crippen LogP contribution in [0.4, 0.5) is 0 Å². The van der Waals surface area contributed by atoms with E-state index in [1.807, 2.05) is 0 Å². The van der Waals surface area contributed by atoms with Crippen molar-refractivity contribution in [2.45, 2.75) is 59.3 Å². The van der Waals surface area contributed by atoms with Gasteiger partial charge in [0.15, 0.2) is 0 Å². The normalized spacial score (nSPS) is 47.3. The van der Waals surface area contributed by atoms with Gasteiger partial charge in [-0.2, -0.15) is 0 Å². The van der Waals surface area contributed by atoms with Crippen molar-refractivity contribution in [2.75, 3.05) is 0 Å². The lowest BCUT2D eigenvalue weighted by molar-refractivity contribution is -0.00952. The smallest absolute Gasteiger partial charge is 0.0269 e. The summed E-state index contributed by atoms with van der Waals surface area (Å²) in [6, 6.07) is 0. The molecule has 0 aliphatic heterocycles. The molecule has 13 heavy (non-hydrogen) atoms. The lowest BCUT2D eigenvalue weighted by Gasteiger charge is -2.51. The van der Waals surface area contributed by atoms with Gasteiger partial charge in [0.05, 0.1) is 0 Å². The van der Waals surface area contributed by atoms with Crippen molar-refractivity contribution >= 4 is 0 Å². The largest absolute Gasteiger partial charge is 0.0625 e. The fourth-order valence-electron chi connectivity index (χ4n) is 3.56. The van der Waals surface area contributed by atoms with E-state index in [0.29, 0.717) is 5.41 Å². The summed E-state index contributed by atoms with van der Waals surface area (Å²) >= 11 is 0. The maximum Gasteiger partial charge on any atom is -0.0269 e. The second kappa shape index (κ2) is 3.29. The molecule has 0 spiro atoms. The Hall–Kier alpha value is 0. The molecule has 0 aromatic carbocycles. The molecular weight excluding hydrogens is 156 g/mol. The van der Waals surface area contributed by atoms with Crippen LogP contribution < -0.4 is 0 Å². The average Bonchev–Trinajstić information content (AvgIpc) is 1.93. The number of rotatable bonds is 1. The van der Waals surface area contributed by atoms with Crippen LogP contribution in [0, 0.1) is 23.2 Å².